The van der Waals surface area contributed by atoms with Crippen molar-refractivity contribution in [3.63, 3.8) is 0 Å². The van der Waals surface area contributed by atoms with Crippen LogP contribution in [0.15, 0.2) is 47.3 Å². The highest BCUT2D eigenvalue weighted by Crippen LogP contribution is 2.18. The fourth-order valence-corrected chi connectivity index (χ4v) is 2.90. The molecule has 0 unspecified atom stereocenters. The van der Waals surface area contributed by atoms with Gasteiger partial charge in [-0.1, -0.05) is 24.1 Å². The molecule has 4 nitrogen and oxygen atoms in total. The maximum Gasteiger partial charge on any atom is 0.274 e. The molecule has 5 heteroatoms. The molecule has 0 aliphatic carbocycles. The van der Waals surface area contributed by atoms with Crippen molar-refractivity contribution in [2.75, 3.05) is 6.61 Å². The van der Waals surface area contributed by atoms with Crippen LogP contribution in [0.5, 0.6) is 0 Å². The summed E-state index contributed by atoms with van der Waals surface area (Å²) in [6.07, 6.45) is 0.411. The molecule has 0 aliphatic heterocycles. The molecule has 0 saturated heterocycles. The highest BCUT2D eigenvalue weighted by Gasteiger charge is 2.09. The summed E-state index contributed by atoms with van der Waals surface area (Å²) in [5.74, 6) is 6.27. The number of nitrogens with zero attached hydrogens (tertiary/aromatic N) is 2. The van der Waals surface area contributed by atoms with Gasteiger partial charge in [0.2, 0.25) is 0 Å². The first-order chi connectivity index (χ1) is 10.3. The van der Waals surface area contributed by atoms with Crippen molar-refractivity contribution in [1.82, 2.24) is 8.94 Å². The number of rotatable bonds is 2. The van der Waals surface area contributed by atoms with Gasteiger partial charge in [0.1, 0.15) is 5.69 Å². The maximum atomic E-state index is 12.4. The second-order valence-corrected chi connectivity index (χ2v) is 5.33. The van der Waals surface area contributed by atoms with E-state index in [1.54, 1.807) is 16.1 Å². The SMILES string of the molecule is O=c1c2ccccc2sn1-c1cccc(C#CCCO)n1. The number of pyridine rings is 1. The minimum Gasteiger partial charge on any atom is -0.395 e. The lowest BCUT2D eigenvalue weighted by atomic mass is 10.3. The third-order valence-corrected chi connectivity index (χ3v) is 3.98. The summed E-state index contributed by atoms with van der Waals surface area (Å²) >= 11 is 1.37. The minimum absolute atomic E-state index is 0.0302. The van der Waals surface area contributed by atoms with Crippen LogP contribution < -0.4 is 5.56 Å². The predicted octanol–water partition coefficient (Wildman–Crippen LogP) is 2.18. The fraction of sp³-hybridized carbons (Fsp3) is 0.125. The smallest absolute Gasteiger partial charge is 0.274 e. The van der Waals surface area contributed by atoms with E-state index in [0.29, 0.717) is 23.3 Å². The molecule has 0 bridgehead atoms. The van der Waals surface area contributed by atoms with Gasteiger partial charge in [0.15, 0.2) is 5.82 Å². The Kier molecular flexibility index (Phi) is 3.82. The number of aromatic nitrogens is 2. The molecule has 0 amide bonds. The normalized spacial score (nSPS) is 10.3. The summed E-state index contributed by atoms with van der Waals surface area (Å²) < 4.78 is 2.50. The summed E-state index contributed by atoms with van der Waals surface area (Å²) in [7, 11) is 0. The van der Waals surface area contributed by atoms with Crippen LogP contribution in [0.4, 0.5) is 0 Å². The Labute approximate surface area is 125 Å². The van der Waals surface area contributed by atoms with Gasteiger partial charge in [0.05, 0.1) is 16.7 Å². The van der Waals surface area contributed by atoms with Gasteiger partial charge in [0, 0.05) is 6.42 Å². The number of hydrogen-bond donors (Lipinski definition) is 1. The lowest BCUT2D eigenvalue weighted by Gasteiger charge is -1.99. The highest BCUT2D eigenvalue weighted by molar-refractivity contribution is 7.14. The first kappa shape index (κ1) is 13.6. The van der Waals surface area contributed by atoms with Crippen molar-refractivity contribution in [1.29, 1.82) is 0 Å². The van der Waals surface area contributed by atoms with Gasteiger partial charge in [-0.25, -0.2) is 8.94 Å². The number of aliphatic hydroxyl groups excluding tert-OH is 1. The van der Waals surface area contributed by atoms with Gasteiger partial charge >= 0.3 is 0 Å². The van der Waals surface area contributed by atoms with E-state index in [1.165, 1.54) is 11.5 Å². The molecule has 2 heterocycles. The Bertz CT molecular complexity index is 900. The molecule has 2 aromatic heterocycles. The molecule has 1 aromatic carbocycles. The average Bonchev–Trinajstić information content (AvgIpc) is 2.86. The molecule has 0 spiro atoms. The number of benzene rings is 1. The number of hydrogen-bond acceptors (Lipinski definition) is 4. The van der Waals surface area contributed by atoms with Crippen molar-refractivity contribution in [3.8, 4) is 17.7 Å². The Hall–Kier alpha value is -2.42. The number of fused-ring (bicyclic) bond motifs is 1. The van der Waals surface area contributed by atoms with Gasteiger partial charge in [-0.3, -0.25) is 4.79 Å². The maximum absolute atomic E-state index is 12.4. The molecule has 104 valence electrons. The summed E-state index contributed by atoms with van der Waals surface area (Å²) in [5, 5.41) is 9.42. The molecule has 1 N–H and O–H groups in total. The molecule has 0 atom stereocenters. The fourth-order valence-electron chi connectivity index (χ4n) is 1.94. The standard InChI is InChI=1S/C16H12N2O2S/c19-11-4-3-6-12-7-5-10-15(17-12)18-16(20)13-8-1-2-9-14(13)21-18/h1-2,5,7-10,19H,4,11H2. The predicted molar refractivity (Wildman–Crippen MR) is 83.8 cm³/mol. The van der Waals surface area contributed by atoms with Gasteiger partial charge in [0.25, 0.3) is 5.56 Å². The lowest BCUT2D eigenvalue weighted by Crippen LogP contribution is -2.12. The van der Waals surface area contributed by atoms with Gasteiger partial charge in [-0.15, -0.1) is 0 Å². The second-order valence-electron chi connectivity index (χ2n) is 4.34. The first-order valence-electron chi connectivity index (χ1n) is 6.48. The van der Waals surface area contributed by atoms with Crippen molar-refractivity contribution < 1.29 is 5.11 Å². The van der Waals surface area contributed by atoms with Crippen molar-refractivity contribution in [2.45, 2.75) is 6.42 Å². The summed E-state index contributed by atoms with van der Waals surface area (Å²) in [4.78, 5) is 16.8. The molecular formula is C16H12N2O2S. The Morgan fingerprint density at radius 3 is 2.86 bits per heavy atom. The van der Waals surface area contributed by atoms with Crippen LogP contribution in [-0.4, -0.2) is 20.7 Å². The average molecular weight is 296 g/mol. The molecule has 0 radical (unpaired) electrons. The minimum atomic E-state index is -0.0661. The van der Waals surface area contributed by atoms with E-state index in [0.717, 1.165) is 4.70 Å². The Balaban J connectivity index is 2.07. The Morgan fingerprint density at radius 2 is 2.05 bits per heavy atom. The third-order valence-electron chi connectivity index (χ3n) is 2.89. The number of aliphatic hydroxyl groups is 1. The molecule has 3 aromatic rings. The second kappa shape index (κ2) is 5.92. The van der Waals surface area contributed by atoms with E-state index in [-0.39, 0.29) is 12.2 Å². The van der Waals surface area contributed by atoms with Gasteiger partial charge in [-0.2, -0.15) is 0 Å². The van der Waals surface area contributed by atoms with Crippen molar-refractivity contribution >= 4 is 21.6 Å². The molecule has 21 heavy (non-hydrogen) atoms. The van der Waals surface area contributed by atoms with E-state index in [2.05, 4.69) is 16.8 Å². The van der Waals surface area contributed by atoms with Crippen LogP contribution in [0.2, 0.25) is 0 Å². The van der Waals surface area contributed by atoms with Gasteiger partial charge < -0.3 is 5.11 Å². The van der Waals surface area contributed by atoms with E-state index in [9.17, 15) is 4.79 Å². The molecular weight excluding hydrogens is 284 g/mol. The van der Waals surface area contributed by atoms with Crippen molar-refractivity contribution in [3.05, 3.63) is 58.5 Å². The summed E-state index contributed by atoms with van der Waals surface area (Å²) in [5.41, 5.74) is 0.522. The summed E-state index contributed by atoms with van der Waals surface area (Å²) in [6, 6.07) is 12.9. The topological polar surface area (TPSA) is 55.1 Å². The molecule has 0 saturated carbocycles. The largest absolute Gasteiger partial charge is 0.395 e. The van der Waals surface area contributed by atoms with Crippen LogP contribution in [0.25, 0.3) is 15.9 Å². The third kappa shape index (κ3) is 2.72. The molecule has 0 aliphatic rings. The van der Waals surface area contributed by atoms with E-state index in [1.807, 2.05) is 30.3 Å². The zero-order valence-electron chi connectivity index (χ0n) is 11.1. The first-order valence-corrected chi connectivity index (χ1v) is 7.25. The lowest BCUT2D eigenvalue weighted by molar-refractivity contribution is 0.305. The zero-order chi connectivity index (χ0) is 14.7. The Morgan fingerprint density at radius 1 is 1.19 bits per heavy atom. The monoisotopic (exact) mass is 296 g/mol. The van der Waals surface area contributed by atoms with E-state index in [4.69, 9.17) is 5.11 Å². The molecule has 0 fully saturated rings. The van der Waals surface area contributed by atoms with Crippen LogP contribution in [-0.2, 0) is 0 Å². The van der Waals surface area contributed by atoms with E-state index >= 15 is 0 Å². The quantitative estimate of drug-likeness (QED) is 0.737. The molecule has 3 rings (SSSR count). The van der Waals surface area contributed by atoms with E-state index < -0.39 is 0 Å². The van der Waals surface area contributed by atoms with Crippen LogP contribution in [0.1, 0.15) is 12.1 Å². The summed E-state index contributed by atoms with van der Waals surface area (Å²) in [6.45, 7) is 0.0302. The zero-order valence-corrected chi connectivity index (χ0v) is 11.9. The van der Waals surface area contributed by atoms with Gasteiger partial charge in [-0.05, 0) is 41.7 Å². The van der Waals surface area contributed by atoms with Crippen LogP contribution >= 0.6 is 11.5 Å². The van der Waals surface area contributed by atoms with Crippen LogP contribution in [0, 0.1) is 11.8 Å². The van der Waals surface area contributed by atoms with Crippen LogP contribution in [0.3, 0.4) is 0 Å². The van der Waals surface area contributed by atoms with Crippen molar-refractivity contribution in [2.24, 2.45) is 0 Å². The highest BCUT2D eigenvalue weighted by atomic mass is 32.1.